The molecule has 2 heterocycles. The number of H-pyrrole nitrogens is 1. The van der Waals surface area contributed by atoms with Crippen molar-refractivity contribution in [2.75, 3.05) is 11.1 Å². The predicted molar refractivity (Wildman–Crippen MR) is 93.8 cm³/mol. The molecule has 5 nitrogen and oxygen atoms in total. The van der Waals surface area contributed by atoms with Crippen molar-refractivity contribution in [2.24, 2.45) is 0 Å². The minimum Gasteiger partial charge on any atom is -0.399 e. The summed E-state index contributed by atoms with van der Waals surface area (Å²) in [5, 5.41) is 10.6. The Morgan fingerprint density at radius 3 is 2.78 bits per heavy atom. The predicted octanol–water partition coefficient (Wildman–Crippen LogP) is 3.53. The van der Waals surface area contributed by atoms with Crippen LogP contribution in [-0.4, -0.2) is 15.2 Å². The molecule has 5 heteroatoms. The lowest BCUT2D eigenvalue weighted by Gasteiger charge is -2.06. The van der Waals surface area contributed by atoms with E-state index in [0.717, 1.165) is 41.4 Å². The quantitative estimate of drug-likeness (QED) is 0.630. The van der Waals surface area contributed by atoms with Crippen LogP contribution in [0.15, 0.2) is 42.6 Å². The molecule has 3 rings (SSSR count). The van der Waals surface area contributed by atoms with E-state index in [2.05, 4.69) is 33.5 Å². The van der Waals surface area contributed by atoms with Gasteiger partial charge in [-0.05, 0) is 61.6 Å². The number of benzene rings is 1. The van der Waals surface area contributed by atoms with Gasteiger partial charge in [-0.1, -0.05) is 12.1 Å². The number of nitrogens with two attached hydrogens (primary N) is 1. The van der Waals surface area contributed by atoms with E-state index in [4.69, 9.17) is 5.73 Å². The van der Waals surface area contributed by atoms with Gasteiger partial charge in [0, 0.05) is 23.6 Å². The van der Waals surface area contributed by atoms with E-state index >= 15 is 0 Å². The van der Waals surface area contributed by atoms with Gasteiger partial charge in [0.2, 0.25) is 0 Å². The summed E-state index contributed by atoms with van der Waals surface area (Å²) in [5.74, 6) is 1.61. The SMILES string of the molecule is Cc1ccc(N)cc1CCc1cc(Nc2ncccc2C)n[nH]1. The van der Waals surface area contributed by atoms with Gasteiger partial charge in [-0.3, -0.25) is 5.10 Å². The first-order valence-electron chi connectivity index (χ1n) is 7.70. The highest BCUT2D eigenvalue weighted by molar-refractivity contribution is 5.55. The highest BCUT2D eigenvalue weighted by atomic mass is 15.2. The molecule has 0 aliphatic heterocycles. The number of aryl methyl sites for hydroxylation is 4. The lowest BCUT2D eigenvalue weighted by atomic mass is 10.0. The summed E-state index contributed by atoms with van der Waals surface area (Å²) in [7, 11) is 0. The van der Waals surface area contributed by atoms with E-state index in [1.54, 1.807) is 6.20 Å². The second-order valence-corrected chi connectivity index (χ2v) is 5.76. The lowest BCUT2D eigenvalue weighted by molar-refractivity contribution is 0.888. The normalized spacial score (nSPS) is 10.7. The molecule has 23 heavy (non-hydrogen) atoms. The number of hydrogen-bond donors (Lipinski definition) is 3. The monoisotopic (exact) mass is 307 g/mol. The van der Waals surface area contributed by atoms with Crippen molar-refractivity contribution >= 4 is 17.3 Å². The van der Waals surface area contributed by atoms with Crippen molar-refractivity contribution in [1.29, 1.82) is 0 Å². The second kappa shape index (κ2) is 6.52. The number of nitrogens with zero attached hydrogens (tertiary/aromatic N) is 2. The molecule has 4 N–H and O–H groups in total. The Hall–Kier alpha value is -2.82. The Kier molecular flexibility index (Phi) is 4.28. The summed E-state index contributed by atoms with van der Waals surface area (Å²) in [6.07, 6.45) is 3.59. The third kappa shape index (κ3) is 3.69. The Morgan fingerprint density at radius 1 is 1.09 bits per heavy atom. The van der Waals surface area contributed by atoms with Crippen LogP contribution in [0.2, 0.25) is 0 Å². The van der Waals surface area contributed by atoms with Gasteiger partial charge in [0.15, 0.2) is 5.82 Å². The number of pyridine rings is 1. The summed E-state index contributed by atoms with van der Waals surface area (Å²) in [6.45, 7) is 4.13. The smallest absolute Gasteiger partial charge is 0.153 e. The molecule has 3 aromatic rings. The van der Waals surface area contributed by atoms with E-state index in [1.165, 1.54) is 11.1 Å². The van der Waals surface area contributed by atoms with Crippen LogP contribution < -0.4 is 11.1 Å². The van der Waals surface area contributed by atoms with Crippen molar-refractivity contribution in [3.05, 3.63) is 65.0 Å². The molecule has 0 atom stereocenters. The standard InChI is InChI=1S/C18H21N5/c1-12-5-7-15(19)10-14(12)6-8-16-11-17(23-22-16)21-18-13(2)4-3-9-20-18/h3-5,7,9-11H,6,8,19H2,1-2H3,(H2,20,21,22,23). The van der Waals surface area contributed by atoms with Crippen LogP contribution in [0, 0.1) is 13.8 Å². The van der Waals surface area contributed by atoms with Crippen LogP contribution in [-0.2, 0) is 12.8 Å². The molecule has 0 spiro atoms. The van der Waals surface area contributed by atoms with Gasteiger partial charge in [-0.15, -0.1) is 0 Å². The fraction of sp³-hybridized carbons (Fsp3) is 0.222. The topological polar surface area (TPSA) is 79.6 Å². The highest BCUT2D eigenvalue weighted by Crippen LogP contribution is 2.18. The zero-order valence-corrected chi connectivity index (χ0v) is 13.4. The number of anilines is 3. The van der Waals surface area contributed by atoms with Crippen LogP contribution in [0.3, 0.4) is 0 Å². The number of aromatic nitrogens is 3. The van der Waals surface area contributed by atoms with Crippen LogP contribution >= 0.6 is 0 Å². The average Bonchev–Trinajstić information content (AvgIpc) is 2.98. The number of hydrogen-bond acceptors (Lipinski definition) is 4. The maximum absolute atomic E-state index is 5.86. The minimum atomic E-state index is 0.783. The first-order chi connectivity index (χ1) is 11.1. The summed E-state index contributed by atoms with van der Waals surface area (Å²) in [4.78, 5) is 4.32. The summed E-state index contributed by atoms with van der Waals surface area (Å²) in [5.41, 5.74) is 11.4. The summed E-state index contributed by atoms with van der Waals surface area (Å²) < 4.78 is 0. The molecule has 118 valence electrons. The summed E-state index contributed by atoms with van der Waals surface area (Å²) >= 11 is 0. The second-order valence-electron chi connectivity index (χ2n) is 5.76. The number of nitrogen functional groups attached to an aromatic ring is 1. The fourth-order valence-electron chi connectivity index (χ4n) is 2.52. The zero-order valence-electron chi connectivity index (χ0n) is 13.4. The van der Waals surface area contributed by atoms with Crippen molar-refractivity contribution in [3.8, 4) is 0 Å². The van der Waals surface area contributed by atoms with E-state index < -0.39 is 0 Å². The molecule has 0 fully saturated rings. The van der Waals surface area contributed by atoms with Crippen LogP contribution in [0.5, 0.6) is 0 Å². The maximum atomic E-state index is 5.86. The average molecular weight is 307 g/mol. The van der Waals surface area contributed by atoms with Crippen molar-refractivity contribution in [1.82, 2.24) is 15.2 Å². The van der Waals surface area contributed by atoms with Gasteiger partial charge in [0.05, 0.1) is 0 Å². The van der Waals surface area contributed by atoms with E-state index in [-0.39, 0.29) is 0 Å². The number of nitrogens with one attached hydrogen (secondary N) is 2. The molecule has 0 unspecified atom stereocenters. The molecule has 0 saturated heterocycles. The van der Waals surface area contributed by atoms with Gasteiger partial charge in [0.1, 0.15) is 5.82 Å². The highest BCUT2D eigenvalue weighted by Gasteiger charge is 2.06. The molecular weight excluding hydrogens is 286 g/mol. The largest absolute Gasteiger partial charge is 0.399 e. The molecule has 0 bridgehead atoms. The number of rotatable bonds is 5. The van der Waals surface area contributed by atoms with Gasteiger partial charge in [-0.25, -0.2) is 4.98 Å². The van der Waals surface area contributed by atoms with E-state index in [9.17, 15) is 0 Å². The third-order valence-corrected chi connectivity index (χ3v) is 3.92. The Bertz CT molecular complexity index is 807. The number of aromatic amines is 1. The molecule has 0 amide bonds. The first-order valence-corrected chi connectivity index (χ1v) is 7.70. The van der Waals surface area contributed by atoms with Gasteiger partial charge >= 0.3 is 0 Å². The molecule has 0 aliphatic rings. The maximum Gasteiger partial charge on any atom is 0.153 e. The van der Waals surface area contributed by atoms with Gasteiger partial charge < -0.3 is 11.1 Å². The zero-order chi connectivity index (χ0) is 16.2. The van der Waals surface area contributed by atoms with Crippen LogP contribution in [0.1, 0.15) is 22.4 Å². The fourth-order valence-corrected chi connectivity index (χ4v) is 2.52. The van der Waals surface area contributed by atoms with Gasteiger partial charge in [-0.2, -0.15) is 5.10 Å². The van der Waals surface area contributed by atoms with Crippen molar-refractivity contribution < 1.29 is 0 Å². The first kappa shape index (κ1) is 15.1. The van der Waals surface area contributed by atoms with Gasteiger partial charge in [0.25, 0.3) is 0 Å². The Balaban J connectivity index is 1.66. The Labute approximate surface area is 136 Å². The molecule has 1 aromatic carbocycles. The van der Waals surface area contributed by atoms with Crippen LogP contribution in [0.25, 0.3) is 0 Å². The van der Waals surface area contributed by atoms with E-state index in [0.29, 0.717) is 0 Å². The van der Waals surface area contributed by atoms with Crippen LogP contribution in [0.4, 0.5) is 17.3 Å². The molecule has 0 radical (unpaired) electrons. The molecule has 2 aromatic heterocycles. The van der Waals surface area contributed by atoms with Crippen molar-refractivity contribution in [3.63, 3.8) is 0 Å². The molecule has 0 saturated carbocycles. The Morgan fingerprint density at radius 2 is 1.96 bits per heavy atom. The molecular formula is C18H21N5. The van der Waals surface area contributed by atoms with E-state index in [1.807, 2.05) is 37.3 Å². The van der Waals surface area contributed by atoms with Crippen molar-refractivity contribution in [2.45, 2.75) is 26.7 Å². The minimum absolute atomic E-state index is 0.783. The third-order valence-electron chi connectivity index (χ3n) is 3.92. The lowest BCUT2D eigenvalue weighted by Crippen LogP contribution is -1.96. The summed E-state index contributed by atoms with van der Waals surface area (Å²) in [6, 6.07) is 12.0. The molecule has 0 aliphatic carbocycles.